The molecule has 0 aromatic heterocycles. The van der Waals surface area contributed by atoms with Gasteiger partial charge in [-0.25, -0.2) is 9.59 Å². The van der Waals surface area contributed by atoms with Crippen molar-refractivity contribution in [1.29, 1.82) is 0 Å². The van der Waals surface area contributed by atoms with E-state index in [9.17, 15) is 9.59 Å². The molecule has 0 saturated heterocycles. The van der Waals surface area contributed by atoms with Crippen molar-refractivity contribution in [3.63, 3.8) is 0 Å². The fourth-order valence-electron chi connectivity index (χ4n) is 3.57. The summed E-state index contributed by atoms with van der Waals surface area (Å²) >= 11 is 0. The molecule has 0 fully saturated rings. The monoisotopic (exact) mass is 450 g/mol. The third-order valence-corrected chi connectivity index (χ3v) is 5.53. The number of carbonyl (C=O) groups excluding carboxylic acids is 2. The van der Waals surface area contributed by atoms with Gasteiger partial charge in [0.2, 0.25) is 0 Å². The van der Waals surface area contributed by atoms with E-state index in [0.717, 1.165) is 31.4 Å². The number of hydrogen-bond donors (Lipinski definition) is 0. The van der Waals surface area contributed by atoms with Crippen LogP contribution in [0.2, 0.25) is 0 Å². The lowest BCUT2D eigenvalue weighted by molar-refractivity contribution is -0.140. The third kappa shape index (κ3) is 24.7. The minimum Gasteiger partial charge on any atom is -0.463 e. The van der Waals surface area contributed by atoms with E-state index >= 15 is 0 Å². The Hall–Kier alpha value is -1.58. The lowest BCUT2D eigenvalue weighted by atomic mass is 10.0. The molecule has 32 heavy (non-hydrogen) atoms. The van der Waals surface area contributed by atoms with Gasteiger partial charge in [-0.1, -0.05) is 122 Å². The molecule has 0 N–H and O–H groups in total. The van der Waals surface area contributed by atoms with Crippen LogP contribution in [0.25, 0.3) is 0 Å². The van der Waals surface area contributed by atoms with Crippen LogP contribution in [0.5, 0.6) is 0 Å². The number of carbonyl (C=O) groups is 2. The normalized spacial score (nSPS) is 11.4. The molecule has 0 heterocycles. The van der Waals surface area contributed by atoms with E-state index in [0.29, 0.717) is 19.6 Å². The molecule has 0 saturated carbocycles. The van der Waals surface area contributed by atoms with Gasteiger partial charge in [0.05, 0.1) is 13.2 Å². The van der Waals surface area contributed by atoms with E-state index in [2.05, 4.69) is 13.8 Å². The minimum absolute atomic E-state index is 0.327. The maximum absolute atomic E-state index is 11.6. The molecule has 0 radical (unpaired) electrons. The van der Waals surface area contributed by atoms with Crippen LogP contribution < -0.4 is 0 Å². The smallest absolute Gasteiger partial charge is 0.331 e. The highest BCUT2D eigenvalue weighted by atomic mass is 16.5. The molecule has 0 atom stereocenters. The van der Waals surface area contributed by atoms with Crippen LogP contribution in [0.15, 0.2) is 24.3 Å². The third-order valence-electron chi connectivity index (χ3n) is 5.53. The Bertz CT molecular complexity index is 482. The molecule has 4 nitrogen and oxygen atoms in total. The van der Waals surface area contributed by atoms with Crippen LogP contribution in [0, 0.1) is 0 Å². The van der Waals surface area contributed by atoms with Crippen molar-refractivity contribution in [2.24, 2.45) is 0 Å². The summed E-state index contributed by atoms with van der Waals surface area (Å²) in [7, 11) is 0. The highest BCUT2D eigenvalue weighted by Crippen LogP contribution is 2.13. The van der Waals surface area contributed by atoms with Gasteiger partial charge in [-0.2, -0.15) is 0 Å². The first kappa shape index (κ1) is 30.4. The Morgan fingerprint density at radius 3 is 1.38 bits per heavy atom. The highest BCUT2D eigenvalue weighted by Gasteiger charge is 2.01. The summed E-state index contributed by atoms with van der Waals surface area (Å²) < 4.78 is 10.1. The van der Waals surface area contributed by atoms with E-state index in [-0.39, 0.29) is 0 Å². The van der Waals surface area contributed by atoms with Crippen molar-refractivity contribution in [2.75, 3.05) is 13.2 Å². The number of allylic oxidation sites excluding steroid dienone is 1. The average Bonchev–Trinajstić information content (AvgIpc) is 2.79. The molecule has 0 aliphatic rings. The molecular formula is C28H50O4. The summed E-state index contributed by atoms with van der Waals surface area (Å²) in [6.45, 7) is 5.07. The highest BCUT2D eigenvalue weighted by molar-refractivity contribution is 5.91. The predicted octanol–water partition coefficient (Wildman–Crippen LogP) is 8.25. The van der Waals surface area contributed by atoms with Gasteiger partial charge in [-0.3, -0.25) is 0 Å². The average molecular weight is 451 g/mol. The number of unbranched alkanes of at least 4 members (excludes halogenated alkanes) is 15. The summed E-state index contributed by atoms with van der Waals surface area (Å²) in [6.07, 6.45) is 29.1. The standard InChI is InChI=1S/C28H50O4/c1-3-5-7-9-10-11-12-13-14-15-16-17-18-19-20-22-26-32-28(30)24-23-27(29)31-25-21-8-6-4-2/h6,8,23-24H,3-5,7,9-22,25-26H2,1-2H3/b8-6-,24-23+. The van der Waals surface area contributed by atoms with E-state index in [1.165, 1.54) is 89.9 Å². The van der Waals surface area contributed by atoms with Gasteiger partial charge in [0.25, 0.3) is 0 Å². The van der Waals surface area contributed by atoms with Crippen molar-refractivity contribution < 1.29 is 19.1 Å². The number of hydrogen-bond acceptors (Lipinski definition) is 4. The molecule has 186 valence electrons. The van der Waals surface area contributed by atoms with Crippen LogP contribution in [-0.4, -0.2) is 25.2 Å². The van der Waals surface area contributed by atoms with Crippen LogP contribution >= 0.6 is 0 Å². The largest absolute Gasteiger partial charge is 0.463 e. The minimum atomic E-state index is -0.505. The van der Waals surface area contributed by atoms with Gasteiger partial charge in [-0.15, -0.1) is 0 Å². The summed E-state index contributed by atoms with van der Waals surface area (Å²) in [5, 5.41) is 0. The molecule has 4 heteroatoms. The van der Waals surface area contributed by atoms with Gasteiger partial charge < -0.3 is 9.47 Å². The quantitative estimate of drug-likeness (QED) is 0.0680. The van der Waals surface area contributed by atoms with Gasteiger partial charge in [0.1, 0.15) is 0 Å². The summed E-state index contributed by atoms with van der Waals surface area (Å²) in [5.74, 6) is -0.983. The Labute approximate surface area is 198 Å². The van der Waals surface area contributed by atoms with E-state index in [4.69, 9.17) is 9.47 Å². The second kappa shape index (κ2) is 25.7. The second-order valence-electron chi connectivity index (χ2n) is 8.64. The number of rotatable bonds is 23. The first-order valence-electron chi connectivity index (χ1n) is 13.4. The van der Waals surface area contributed by atoms with Crippen molar-refractivity contribution >= 4 is 11.9 Å². The first-order chi connectivity index (χ1) is 15.7. The van der Waals surface area contributed by atoms with E-state index < -0.39 is 11.9 Å². The zero-order valence-corrected chi connectivity index (χ0v) is 21.1. The molecule has 0 aromatic carbocycles. The lowest BCUT2D eigenvalue weighted by Gasteiger charge is -2.04. The Morgan fingerprint density at radius 2 is 0.938 bits per heavy atom. The van der Waals surface area contributed by atoms with E-state index in [1.807, 2.05) is 12.2 Å². The topological polar surface area (TPSA) is 52.6 Å². The summed E-state index contributed by atoms with van der Waals surface area (Å²) in [4.78, 5) is 23.1. The maximum Gasteiger partial charge on any atom is 0.331 e. The molecule has 0 aliphatic carbocycles. The molecule has 0 rings (SSSR count). The number of ether oxygens (including phenoxy) is 2. The van der Waals surface area contributed by atoms with Crippen molar-refractivity contribution in [3.8, 4) is 0 Å². The maximum atomic E-state index is 11.6. The van der Waals surface area contributed by atoms with Gasteiger partial charge in [0, 0.05) is 12.2 Å². The number of esters is 2. The molecule has 0 unspecified atom stereocenters. The lowest BCUT2D eigenvalue weighted by Crippen LogP contribution is -2.06. The van der Waals surface area contributed by atoms with Crippen molar-refractivity contribution in [1.82, 2.24) is 0 Å². The van der Waals surface area contributed by atoms with Crippen LogP contribution in [0.1, 0.15) is 129 Å². The SMILES string of the molecule is CC/C=C\CCOC(=O)/C=C/C(=O)OCCCCCCCCCCCCCCCCCC. The molecule has 0 aromatic rings. The fourth-order valence-corrected chi connectivity index (χ4v) is 3.57. The Kier molecular flexibility index (Phi) is 24.4. The van der Waals surface area contributed by atoms with Crippen molar-refractivity contribution in [3.05, 3.63) is 24.3 Å². The summed E-state index contributed by atoms with van der Waals surface area (Å²) in [5.41, 5.74) is 0. The molecule has 0 aliphatic heterocycles. The van der Waals surface area contributed by atoms with Crippen LogP contribution in [0.4, 0.5) is 0 Å². The first-order valence-corrected chi connectivity index (χ1v) is 13.4. The fraction of sp³-hybridized carbons (Fsp3) is 0.786. The van der Waals surface area contributed by atoms with Crippen LogP contribution in [0.3, 0.4) is 0 Å². The predicted molar refractivity (Wildman–Crippen MR) is 135 cm³/mol. The zero-order valence-electron chi connectivity index (χ0n) is 21.1. The Balaban J connectivity index is 3.33. The Morgan fingerprint density at radius 1 is 0.531 bits per heavy atom. The van der Waals surface area contributed by atoms with Crippen molar-refractivity contribution in [2.45, 2.75) is 129 Å². The van der Waals surface area contributed by atoms with Gasteiger partial charge in [0.15, 0.2) is 0 Å². The van der Waals surface area contributed by atoms with Crippen LogP contribution in [-0.2, 0) is 19.1 Å². The van der Waals surface area contributed by atoms with E-state index in [1.54, 1.807) is 0 Å². The molecule has 0 amide bonds. The molecular weight excluding hydrogens is 400 g/mol. The van der Waals surface area contributed by atoms with Gasteiger partial charge in [-0.05, 0) is 19.3 Å². The second-order valence-corrected chi connectivity index (χ2v) is 8.64. The van der Waals surface area contributed by atoms with Gasteiger partial charge >= 0.3 is 11.9 Å². The zero-order chi connectivity index (χ0) is 23.5. The molecule has 0 bridgehead atoms. The molecule has 0 spiro atoms. The summed E-state index contributed by atoms with van der Waals surface area (Å²) in [6, 6.07) is 0.